The molecule has 0 spiro atoms. The molecule has 2 aliphatic rings. The third kappa shape index (κ3) is 0.816. The highest BCUT2D eigenvalue weighted by atomic mass is 32.1. The lowest BCUT2D eigenvalue weighted by molar-refractivity contribution is 0.0782. The van der Waals surface area contributed by atoms with Crippen molar-refractivity contribution in [3.63, 3.8) is 0 Å². The van der Waals surface area contributed by atoms with Gasteiger partial charge in [0, 0.05) is 6.54 Å². The first kappa shape index (κ1) is 8.80. The number of fused-ring (bicyclic) bond motifs is 1. The SMILES string of the molecule is FC1(F)C2CNCCC21c1ccsc1. The zero-order valence-corrected chi connectivity index (χ0v) is 8.41. The molecule has 1 aromatic rings. The Hall–Kier alpha value is -0.480. The number of hydrogen-bond acceptors (Lipinski definition) is 2. The van der Waals surface area contributed by atoms with Gasteiger partial charge in [-0.25, -0.2) is 8.78 Å². The molecule has 0 aromatic carbocycles. The van der Waals surface area contributed by atoms with Gasteiger partial charge in [-0.3, -0.25) is 0 Å². The Labute approximate surface area is 85.1 Å². The van der Waals surface area contributed by atoms with Gasteiger partial charge in [-0.05, 0) is 35.4 Å². The summed E-state index contributed by atoms with van der Waals surface area (Å²) in [5.74, 6) is -2.96. The molecule has 2 unspecified atom stereocenters. The number of rotatable bonds is 1. The number of piperidine rings is 1. The van der Waals surface area contributed by atoms with Gasteiger partial charge in [0.1, 0.15) is 0 Å². The molecule has 1 saturated carbocycles. The molecule has 2 heterocycles. The van der Waals surface area contributed by atoms with Gasteiger partial charge in [-0.1, -0.05) is 0 Å². The van der Waals surface area contributed by atoms with E-state index in [-0.39, 0.29) is 0 Å². The molecule has 76 valence electrons. The summed E-state index contributed by atoms with van der Waals surface area (Å²) in [7, 11) is 0. The van der Waals surface area contributed by atoms with Crippen LogP contribution in [0, 0.1) is 5.92 Å². The number of nitrogens with one attached hydrogen (secondary N) is 1. The van der Waals surface area contributed by atoms with Crippen molar-refractivity contribution in [2.45, 2.75) is 17.8 Å². The van der Waals surface area contributed by atoms with Gasteiger partial charge in [0.15, 0.2) is 0 Å². The van der Waals surface area contributed by atoms with E-state index in [1.807, 2.05) is 16.8 Å². The van der Waals surface area contributed by atoms with Crippen LogP contribution in [-0.4, -0.2) is 19.0 Å². The first-order valence-electron chi connectivity index (χ1n) is 4.81. The predicted octanol–water partition coefficient (Wildman–Crippen LogP) is 2.24. The topological polar surface area (TPSA) is 12.0 Å². The van der Waals surface area contributed by atoms with Crippen molar-refractivity contribution in [3.05, 3.63) is 22.4 Å². The van der Waals surface area contributed by atoms with E-state index < -0.39 is 17.3 Å². The fourth-order valence-corrected chi connectivity index (χ4v) is 3.50. The van der Waals surface area contributed by atoms with E-state index in [2.05, 4.69) is 5.32 Å². The minimum Gasteiger partial charge on any atom is -0.316 e. The molecule has 1 N–H and O–H groups in total. The van der Waals surface area contributed by atoms with Crippen LogP contribution in [0.2, 0.25) is 0 Å². The van der Waals surface area contributed by atoms with Crippen LogP contribution in [0.3, 0.4) is 0 Å². The Morgan fingerprint density at radius 3 is 3.00 bits per heavy atom. The summed E-state index contributed by atoms with van der Waals surface area (Å²) in [6.07, 6.45) is 0.571. The maximum absolute atomic E-state index is 13.7. The van der Waals surface area contributed by atoms with Crippen LogP contribution in [0.1, 0.15) is 12.0 Å². The number of hydrogen-bond donors (Lipinski definition) is 1. The second-order valence-electron chi connectivity index (χ2n) is 4.11. The minimum atomic E-state index is -2.49. The molecule has 0 amide bonds. The normalized spacial score (nSPS) is 39.1. The fraction of sp³-hybridized carbons (Fsp3) is 0.600. The highest BCUT2D eigenvalue weighted by Gasteiger charge is 2.80. The fourth-order valence-electron chi connectivity index (χ4n) is 2.76. The van der Waals surface area contributed by atoms with Crippen LogP contribution >= 0.6 is 11.3 Å². The van der Waals surface area contributed by atoms with E-state index in [0.29, 0.717) is 19.5 Å². The summed E-state index contributed by atoms with van der Waals surface area (Å²) in [6, 6.07) is 1.85. The standard InChI is InChI=1S/C10H11F2NS/c11-10(12)8-5-13-3-2-9(8,10)7-1-4-14-6-7/h1,4,6,8,13H,2-3,5H2. The van der Waals surface area contributed by atoms with Gasteiger partial charge in [-0.15, -0.1) is 0 Å². The quantitative estimate of drug-likeness (QED) is 0.757. The lowest BCUT2D eigenvalue weighted by atomic mass is 9.89. The van der Waals surface area contributed by atoms with E-state index in [1.165, 1.54) is 11.3 Å². The van der Waals surface area contributed by atoms with Gasteiger partial charge < -0.3 is 5.32 Å². The van der Waals surface area contributed by atoms with Crippen LogP contribution in [0.25, 0.3) is 0 Å². The van der Waals surface area contributed by atoms with E-state index in [4.69, 9.17) is 0 Å². The van der Waals surface area contributed by atoms with Gasteiger partial charge in [-0.2, -0.15) is 11.3 Å². The second-order valence-corrected chi connectivity index (χ2v) is 4.89. The molecule has 2 fully saturated rings. The third-order valence-corrected chi connectivity index (χ3v) is 4.31. The van der Waals surface area contributed by atoms with Crippen LogP contribution in [-0.2, 0) is 5.41 Å². The first-order chi connectivity index (χ1) is 6.69. The highest BCUT2D eigenvalue weighted by molar-refractivity contribution is 7.08. The molecule has 1 saturated heterocycles. The number of halogens is 2. The Kier molecular flexibility index (Phi) is 1.60. The van der Waals surface area contributed by atoms with Crippen LogP contribution in [0.15, 0.2) is 16.8 Å². The van der Waals surface area contributed by atoms with Crippen molar-refractivity contribution < 1.29 is 8.78 Å². The Balaban J connectivity index is 2.04. The smallest absolute Gasteiger partial charge is 0.263 e. The van der Waals surface area contributed by atoms with Crippen molar-refractivity contribution in [3.8, 4) is 0 Å². The van der Waals surface area contributed by atoms with Crippen molar-refractivity contribution in [2.24, 2.45) is 5.92 Å². The zero-order chi connectivity index (χ0) is 9.81. The molecule has 1 nitrogen and oxygen atoms in total. The predicted molar refractivity (Wildman–Crippen MR) is 51.9 cm³/mol. The number of thiophene rings is 1. The Morgan fingerprint density at radius 2 is 2.36 bits per heavy atom. The molecule has 1 aliphatic carbocycles. The van der Waals surface area contributed by atoms with Crippen molar-refractivity contribution >= 4 is 11.3 Å². The van der Waals surface area contributed by atoms with E-state index >= 15 is 0 Å². The number of alkyl halides is 2. The molecular formula is C10H11F2NS. The molecular weight excluding hydrogens is 204 g/mol. The summed E-state index contributed by atoms with van der Waals surface area (Å²) < 4.78 is 27.4. The Bertz CT molecular complexity index is 349. The monoisotopic (exact) mass is 215 g/mol. The lowest BCUT2D eigenvalue weighted by Gasteiger charge is -2.19. The van der Waals surface area contributed by atoms with Gasteiger partial charge >= 0.3 is 0 Å². The maximum atomic E-state index is 13.7. The largest absolute Gasteiger partial charge is 0.316 e. The summed E-state index contributed by atoms with van der Waals surface area (Å²) in [5, 5.41) is 6.80. The lowest BCUT2D eigenvalue weighted by Crippen LogP contribution is -2.31. The Morgan fingerprint density at radius 1 is 1.50 bits per heavy atom. The first-order valence-corrected chi connectivity index (χ1v) is 5.75. The molecule has 1 aromatic heterocycles. The average molecular weight is 215 g/mol. The van der Waals surface area contributed by atoms with Crippen molar-refractivity contribution in [2.75, 3.05) is 13.1 Å². The van der Waals surface area contributed by atoms with Gasteiger partial charge in [0.05, 0.1) is 11.3 Å². The minimum absolute atomic E-state index is 0.461. The third-order valence-electron chi connectivity index (χ3n) is 3.62. The van der Waals surface area contributed by atoms with Crippen molar-refractivity contribution in [1.29, 1.82) is 0 Å². The van der Waals surface area contributed by atoms with Crippen LogP contribution in [0.4, 0.5) is 8.78 Å². The maximum Gasteiger partial charge on any atom is 0.263 e. The molecule has 14 heavy (non-hydrogen) atoms. The zero-order valence-electron chi connectivity index (χ0n) is 7.59. The van der Waals surface area contributed by atoms with Crippen LogP contribution < -0.4 is 5.32 Å². The highest BCUT2D eigenvalue weighted by Crippen LogP contribution is 2.69. The van der Waals surface area contributed by atoms with Gasteiger partial charge in [0.2, 0.25) is 0 Å². The van der Waals surface area contributed by atoms with Crippen LogP contribution in [0.5, 0.6) is 0 Å². The molecule has 2 atom stereocenters. The summed E-state index contributed by atoms with van der Waals surface area (Å²) >= 11 is 1.51. The molecule has 1 aliphatic heterocycles. The molecule has 0 bridgehead atoms. The molecule has 3 rings (SSSR count). The average Bonchev–Trinajstić information content (AvgIpc) is 2.62. The summed E-state index contributed by atoms with van der Waals surface area (Å²) in [5.41, 5.74) is 0.0251. The van der Waals surface area contributed by atoms with Gasteiger partial charge in [0.25, 0.3) is 5.92 Å². The van der Waals surface area contributed by atoms with E-state index in [1.54, 1.807) is 0 Å². The van der Waals surface area contributed by atoms with E-state index in [0.717, 1.165) is 5.56 Å². The second kappa shape index (κ2) is 2.55. The summed E-state index contributed by atoms with van der Waals surface area (Å²) in [6.45, 7) is 1.17. The van der Waals surface area contributed by atoms with Crippen molar-refractivity contribution in [1.82, 2.24) is 5.32 Å². The molecule has 4 heteroatoms. The molecule has 0 radical (unpaired) electrons. The summed E-state index contributed by atoms with van der Waals surface area (Å²) in [4.78, 5) is 0. The van der Waals surface area contributed by atoms with E-state index in [9.17, 15) is 8.78 Å².